The quantitative estimate of drug-likeness (QED) is 0.790. The van der Waals surface area contributed by atoms with Crippen molar-refractivity contribution in [1.82, 2.24) is 9.78 Å². The van der Waals surface area contributed by atoms with Gasteiger partial charge in [-0.3, -0.25) is 4.68 Å². The van der Waals surface area contributed by atoms with Gasteiger partial charge in [-0.05, 0) is 13.0 Å². The molecule has 0 aromatic carbocycles. The largest absolute Gasteiger partial charge is 0.404 e. The Morgan fingerprint density at radius 3 is 2.50 bits per heavy atom. The summed E-state index contributed by atoms with van der Waals surface area (Å²) in [6.45, 7) is 1.77. The maximum atomic E-state index is 12.1. The summed E-state index contributed by atoms with van der Waals surface area (Å²) >= 11 is 0. The Morgan fingerprint density at radius 1 is 1.57 bits per heavy atom. The second-order valence-electron chi connectivity index (χ2n) is 3.25. The minimum Gasteiger partial charge on any atom is -0.320 e. The van der Waals surface area contributed by atoms with Gasteiger partial charge in [0.15, 0.2) is 0 Å². The van der Waals surface area contributed by atoms with Gasteiger partial charge in [0.05, 0.1) is 5.69 Å². The lowest BCUT2D eigenvalue weighted by molar-refractivity contribution is -0.147. The number of hydrogen-bond acceptors (Lipinski definition) is 2. The summed E-state index contributed by atoms with van der Waals surface area (Å²) in [7, 11) is 1.68. The van der Waals surface area contributed by atoms with Crippen LogP contribution >= 0.6 is 0 Å². The van der Waals surface area contributed by atoms with Crippen LogP contribution in [0, 0.1) is 6.92 Å². The van der Waals surface area contributed by atoms with Crippen LogP contribution in [0.5, 0.6) is 0 Å². The first kappa shape index (κ1) is 11.0. The molecule has 80 valence electrons. The smallest absolute Gasteiger partial charge is 0.320 e. The molecule has 1 heterocycles. The minimum absolute atomic E-state index is 0.273. The summed E-state index contributed by atoms with van der Waals surface area (Å²) in [4.78, 5) is 0. The normalized spacial score (nSPS) is 14.4. The van der Waals surface area contributed by atoms with Crippen LogP contribution in [0.1, 0.15) is 11.4 Å². The zero-order valence-corrected chi connectivity index (χ0v) is 7.97. The van der Waals surface area contributed by atoms with Gasteiger partial charge >= 0.3 is 6.18 Å². The van der Waals surface area contributed by atoms with Crippen LogP contribution in [0.25, 0.3) is 0 Å². The highest BCUT2D eigenvalue weighted by Gasteiger charge is 2.36. The monoisotopic (exact) mass is 207 g/mol. The van der Waals surface area contributed by atoms with Crippen molar-refractivity contribution in [1.29, 1.82) is 0 Å². The number of rotatable bonds is 2. The summed E-state index contributed by atoms with van der Waals surface area (Å²) in [5, 5.41) is 3.90. The third-order valence-electron chi connectivity index (χ3n) is 2.01. The minimum atomic E-state index is -4.36. The summed E-state index contributed by atoms with van der Waals surface area (Å²) in [5.41, 5.74) is 6.15. The Labute approximate surface area is 79.7 Å². The topological polar surface area (TPSA) is 43.8 Å². The molecule has 0 aliphatic rings. The summed E-state index contributed by atoms with van der Waals surface area (Å²) in [6.07, 6.45) is -4.63. The van der Waals surface area contributed by atoms with E-state index in [1.54, 1.807) is 20.0 Å². The van der Waals surface area contributed by atoms with E-state index < -0.39 is 12.2 Å². The third-order valence-corrected chi connectivity index (χ3v) is 2.01. The molecule has 0 saturated carbocycles. The number of nitrogens with zero attached hydrogens (tertiary/aromatic N) is 2. The van der Waals surface area contributed by atoms with Crippen LogP contribution in [0.3, 0.4) is 0 Å². The Morgan fingerprint density at radius 2 is 2.14 bits per heavy atom. The van der Waals surface area contributed by atoms with Gasteiger partial charge in [0.2, 0.25) is 0 Å². The van der Waals surface area contributed by atoms with E-state index in [0.29, 0.717) is 5.69 Å². The van der Waals surface area contributed by atoms with Gasteiger partial charge in [-0.2, -0.15) is 18.3 Å². The molecule has 0 fully saturated rings. The van der Waals surface area contributed by atoms with E-state index in [1.807, 2.05) is 0 Å². The van der Waals surface area contributed by atoms with Crippen molar-refractivity contribution in [2.45, 2.75) is 25.6 Å². The van der Waals surface area contributed by atoms with Crippen LogP contribution in [0.4, 0.5) is 13.2 Å². The van der Waals surface area contributed by atoms with Crippen LogP contribution in [-0.4, -0.2) is 22.0 Å². The Kier molecular flexibility index (Phi) is 2.84. The second kappa shape index (κ2) is 3.61. The van der Waals surface area contributed by atoms with Crippen LogP contribution in [0.15, 0.2) is 6.07 Å². The molecule has 0 spiro atoms. The lowest BCUT2D eigenvalue weighted by atomic mass is 10.1. The molecule has 0 aliphatic heterocycles. The van der Waals surface area contributed by atoms with E-state index in [0.717, 1.165) is 5.69 Å². The van der Waals surface area contributed by atoms with E-state index in [4.69, 9.17) is 5.73 Å². The van der Waals surface area contributed by atoms with Gasteiger partial charge in [-0.15, -0.1) is 0 Å². The van der Waals surface area contributed by atoms with Crippen molar-refractivity contribution in [3.8, 4) is 0 Å². The molecule has 1 rings (SSSR count). The SMILES string of the molecule is Cc1cc(CC(N)C(F)(F)F)nn1C. The zero-order chi connectivity index (χ0) is 10.9. The van der Waals surface area contributed by atoms with Crippen molar-refractivity contribution in [3.63, 3.8) is 0 Å². The average Bonchev–Trinajstić information content (AvgIpc) is 2.29. The van der Waals surface area contributed by atoms with Gasteiger partial charge in [0, 0.05) is 19.2 Å². The van der Waals surface area contributed by atoms with E-state index in [1.165, 1.54) is 4.68 Å². The van der Waals surface area contributed by atoms with Crippen LogP contribution in [0.2, 0.25) is 0 Å². The molecule has 3 nitrogen and oxygen atoms in total. The molecule has 1 aromatic rings. The van der Waals surface area contributed by atoms with E-state index in [9.17, 15) is 13.2 Å². The first-order chi connectivity index (χ1) is 6.30. The zero-order valence-electron chi connectivity index (χ0n) is 7.97. The van der Waals surface area contributed by atoms with Crippen molar-refractivity contribution in [2.24, 2.45) is 12.8 Å². The van der Waals surface area contributed by atoms with Crippen molar-refractivity contribution >= 4 is 0 Å². The fourth-order valence-electron chi connectivity index (χ4n) is 1.08. The highest BCUT2D eigenvalue weighted by atomic mass is 19.4. The van der Waals surface area contributed by atoms with Gasteiger partial charge in [0.1, 0.15) is 6.04 Å². The average molecular weight is 207 g/mol. The lowest BCUT2D eigenvalue weighted by Crippen LogP contribution is -2.39. The predicted octanol–water partition coefficient (Wildman–Crippen LogP) is 1.16. The van der Waals surface area contributed by atoms with E-state index >= 15 is 0 Å². The van der Waals surface area contributed by atoms with E-state index in [2.05, 4.69) is 5.10 Å². The first-order valence-electron chi connectivity index (χ1n) is 4.12. The van der Waals surface area contributed by atoms with Crippen molar-refractivity contribution < 1.29 is 13.2 Å². The molecular formula is C8H12F3N3. The van der Waals surface area contributed by atoms with Crippen LogP contribution < -0.4 is 5.73 Å². The summed E-state index contributed by atoms with van der Waals surface area (Å²) in [6, 6.07) is -0.234. The van der Waals surface area contributed by atoms with Gasteiger partial charge in [-0.25, -0.2) is 0 Å². The van der Waals surface area contributed by atoms with Gasteiger partial charge in [0.25, 0.3) is 0 Å². The van der Waals surface area contributed by atoms with Crippen LogP contribution in [-0.2, 0) is 13.5 Å². The van der Waals surface area contributed by atoms with Gasteiger partial charge < -0.3 is 5.73 Å². The molecule has 1 unspecified atom stereocenters. The van der Waals surface area contributed by atoms with Crippen molar-refractivity contribution in [2.75, 3.05) is 0 Å². The highest BCUT2D eigenvalue weighted by Crippen LogP contribution is 2.21. The first-order valence-corrected chi connectivity index (χ1v) is 4.12. The maximum absolute atomic E-state index is 12.1. The molecule has 1 aromatic heterocycles. The fourth-order valence-corrected chi connectivity index (χ4v) is 1.08. The summed E-state index contributed by atoms with van der Waals surface area (Å²) in [5.74, 6) is 0. The Balaban J connectivity index is 2.70. The molecule has 0 saturated heterocycles. The molecule has 14 heavy (non-hydrogen) atoms. The number of aryl methyl sites for hydroxylation is 2. The lowest BCUT2D eigenvalue weighted by Gasteiger charge is -2.13. The molecule has 0 amide bonds. The molecule has 0 aliphatic carbocycles. The number of aromatic nitrogens is 2. The standard InChI is InChI=1S/C8H12F3N3/c1-5-3-6(13-14(5)2)4-7(12)8(9,10)11/h3,7H,4,12H2,1-2H3. The maximum Gasteiger partial charge on any atom is 0.404 e. The Bertz CT molecular complexity index is 297. The number of alkyl halides is 3. The van der Waals surface area contributed by atoms with Gasteiger partial charge in [-0.1, -0.05) is 0 Å². The third kappa shape index (κ3) is 2.47. The Hall–Kier alpha value is -1.04. The highest BCUT2D eigenvalue weighted by molar-refractivity contribution is 5.10. The second-order valence-corrected chi connectivity index (χ2v) is 3.25. The van der Waals surface area contributed by atoms with E-state index in [-0.39, 0.29) is 6.42 Å². The number of nitrogens with two attached hydrogens (primary N) is 1. The molecule has 1 atom stereocenters. The molecule has 0 radical (unpaired) electrons. The fraction of sp³-hybridized carbons (Fsp3) is 0.625. The molecular weight excluding hydrogens is 195 g/mol. The van der Waals surface area contributed by atoms with Crippen molar-refractivity contribution in [3.05, 3.63) is 17.5 Å². The molecule has 0 bridgehead atoms. The molecule has 2 N–H and O–H groups in total. The number of hydrogen-bond donors (Lipinski definition) is 1. The summed E-state index contributed by atoms with van der Waals surface area (Å²) < 4.78 is 37.8. The number of halogens is 3. The predicted molar refractivity (Wildman–Crippen MR) is 45.7 cm³/mol. The molecule has 6 heteroatoms.